The second-order valence-corrected chi connectivity index (χ2v) is 4.03. The minimum Gasteiger partial charge on any atom is -0.309 e. The number of hydrogen-bond acceptors (Lipinski definition) is 2. The van der Waals surface area contributed by atoms with Gasteiger partial charge in [0, 0.05) is 13.1 Å². The summed E-state index contributed by atoms with van der Waals surface area (Å²) in [6, 6.07) is 0.502. The van der Waals surface area contributed by atoms with E-state index in [1.165, 1.54) is 9.26 Å². The smallest absolute Gasteiger partial charge is 0.0659 e. The molecule has 1 aliphatic heterocycles. The van der Waals surface area contributed by atoms with E-state index in [9.17, 15) is 0 Å². The molecule has 11 heavy (non-hydrogen) atoms. The second-order valence-electron chi connectivity index (χ2n) is 2.86. The Hall–Kier alpha value is -0.100. The van der Waals surface area contributed by atoms with E-state index in [0.29, 0.717) is 6.04 Å². The van der Waals surface area contributed by atoms with Crippen LogP contribution in [-0.2, 0) is 6.54 Å². The zero-order chi connectivity index (χ0) is 7.84. The molecule has 1 unspecified atom stereocenters. The molecule has 0 amide bonds. The van der Waals surface area contributed by atoms with Gasteiger partial charge in [-0.3, -0.25) is 4.68 Å². The Morgan fingerprint density at radius 1 is 1.82 bits per heavy atom. The van der Waals surface area contributed by atoms with Gasteiger partial charge in [-0.15, -0.1) is 0 Å². The molecule has 0 saturated heterocycles. The third-order valence-corrected chi connectivity index (χ3v) is 2.90. The van der Waals surface area contributed by atoms with Crippen LogP contribution in [0.15, 0.2) is 6.20 Å². The van der Waals surface area contributed by atoms with Crippen LogP contribution < -0.4 is 5.32 Å². The lowest BCUT2D eigenvalue weighted by Gasteiger charge is -2.22. The van der Waals surface area contributed by atoms with Gasteiger partial charge in [0.2, 0.25) is 0 Å². The normalized spacial score (nSPS) is 23.3. The van der Waals surface area contributed by atoms with E-state index in [0.717, 1.165) is 13.1 Å². The van der Waals surface area contributed by atoms with Crippen molar-refractivity contribution >= 4 is 22.6 Å². The first-order valence-electron chi connectivity index (χ1n) is 3.71. The maximum Gasteiger partial charge on any atom is 0.0659 e. The summed E-state index contributed by atoms with van der Waals surface area (Å²) in [6.45, 7) is 4.17. The number of fused-ring (bicyclic) bond motifs is 1. The molecule has 0 aromatic carbocycles. The van der Waals surface area contributed by atoms with Crippen LogP contribution in [0.3, 0.4) is 0 Å². The summed E-state index contributed by atoms with van der Waals surface area (Å²) in [7, 11) is 0. The molecule has 0 spiro atoms. The lowest BCUT2D eigenvalue weighted by Crippen LogP contribution is -2.32. The van der Waals surface area contributed by atoms with Crippen LogP contribution in [-0.4, -0.2) is 16.3 Å². The largest absolute Gasteiger partial charge is 0.309 e. The molecule has 2 heterocycles. The first kappa shape index (κ1) is 7.54. The minimum atomic E-state index is 0.502. The molecule has 1 aliphatic rings. The average molecular weight is 263 g/mol. The number of rotatable bonds is 0. The van der Waals surface area contributed by atoms with E-state index in [-0.39, 0.29) is 0 Å². The van der Waals surface area contributed by atoms with Gasteiger partial charge in [-0.25, -0.2) is 0 Å². The van der Waals surface area contributed by atoms with Crippen molar-refractivity contribution < 1.29 is 0 Å². The maximum atomic E-state index is 4.31. The minimum absolute atomic E-state index is 0.502. The van der Waals surface area contributed by atoms with E-state index in [2.05, 4.69) is 44.6 Å². The van der Waals surface area contributed by atoms with Crippen molar-refractivity contribution in [1.29, 1.82) is 0 Å². The van der Waals surface area contributed by atoms with Crippen LogP contribution >= 0.6 is 22.6 Å². The molecule has 0 bridgehead atoms. The first-order chi connectivity index (χ1) is 5.29. The molecule has 0 aliphatic carbocycles. The predicted octanol–water partition coefficient (Wildman–Crippen LogP) is 1.15. The van der Waals surface area contributed by atoms with E-state index < -0.39 is 0 Å². The Morgan fingerprint density at radius 3 is 3.36 bits per heavy atom. The molecular weight excluding hydrogens is 253 g/mol. The highest BCUT2D eigenvalue weighted by atomic mass is 127. The summed E-state index contributed by atoms with van der Waals surface area (Å²) >= 11 is 2.33. The van der Waals surface area contributed by atoms with Crippen LogP contribution in [0.4, 0.5) is 0 Å². The van der Waals surface area contributed by atoms with Gasteiger partial charge in [0.1, 0.15) is 0 Å². The Morgan fingerprint density at radius 2 is 2.64 bits per heavy atom. The van der Waals surface area contributed by atoms with Crippen LogP contribution in [0.1, 0.15) is 18.7 Å². The van der Waals surface area contributed by atoms with Gasteiger partial charge in [-0.2, -0.15) is 5.10 Å². The topological polar surface area (TPSA) is 29.9 Å². The molecule has 0 saturated carbocycles. The first-order valence-corrected chi connectivity index (χ1v) is 4.79. The Labute approximate surface area is 79.3 Å². The monoisotopic (exact) mass is 263 g/mol. The summed E-state index contributed by atoms with van der Waals surface area (Å²) in [5.41, 5.74) is 1.32. The van der Waals surface area contributed by atoms with Crippen molar-refractivity contribution in [3.63, 3.8) is 0 Å². The van der Waals surface area contributed by atoms with Gasteiger partial charge in [0.15, 0.2) is 0 Å². The lowest BCUT2D eigenvalue weighted by atomic mass is 10.2. The summed E-state index contributed by atoms with van der Waals surface area (Å²) in [5.74, 6) is 0. The third kappa shape index (κ3) is 1.18. The van der Waals surface area contributed by atoms with Crippen molar-refractivity contribution in [1.82, 2.24) is 15.1 Å². The van der Waals surface area contributed by atoms with E-state index in [1.54, 1.807) is 0 Å². The zero-order valence-corrected chi connectivity index (χ0v) is 8.50. The highest BCUT2D eigenvalue weighted by molar-refractivity contribution is 14.1. The van der Waals surface area contributed by atoms with Crippen molar-refractivity contribution in [2.75, 3.05) is 6.54 Å². The number of hydrogen-bond donors (Lipinski definition) is 1. The Bertz CT molecular complexity index is 269. The molecule has 1 aromatic heterocycles. The van der Waals surface area contributed by atoms with Gasteiger partial charge < -0.3 is 5.32 Å². The van der Waals surface area contributed by atoms with Gasteiger partial charge >= 0.3 is 0 Å². The summed E-state index contributed by atoms with van der Waals surface area (Å²) in [4.78, 5) is 0. The highest BCUT2D eigenvalue weighted by Gasteiger charge is 2.17. The van der Waals surface area contributed by atoms with E-state index in [1.807, 2.05) is 6.20 Å². The third-order valence-electron chi connectivity index (χ3n) is 2.00. The van der Waals surface area contributed by atoms with Gasteiger partial charge in [-0.1, -0.05) is 0 Å². The molecule has 3 nitrogen and oxygen atoms in total. The van der Waals surface area contributed by atoms with Crippen molar-refractivity contribution in [2.45, 2.75) is 19.5 Å². The van der Waals surface area contributed by atoms with Crippen LogP contribution in [0, 0.1) is 3.57 Å². The molecule has 0 fully saturated rings. The van der Waals surface area contributed by atoms with Crippen LogP contribution in [0.25, 0.3) is 0 Å². The number of halogens is 1. The molecule has 1 N–H and O–H groups in total. The fourth-order valence-corrected chi connectivity index (χ4v) is 1.96. The molecule has 60 valence electrons. The Balaban J connectivity index is 2.46. The zero-order valence-electron chi connectivity index (χ0n) is 6.34. The molecule has 1 aromatic rings. The van der Waals surface area contributed by atoms with Crippen molar-refractivity contribution in [3.8, 4) is 0 Å². The van der Waals surface area contributed by atoms with Gasteiger partial charge in [0.25, 0.3) is 0 Å². The summed E-state index contributed by atoms with van der Waals surface area (Å²) < 4.78 is 3.37. The summed E-state index contributed by atoms with van der Waals surface area (Å²) in [6.07, 6.45) is 1.93. The van der Waals surface area contributed by atoms with Crippen molar-refractivity contribution in [3.05, 3.63) is 15.5 Å². The number of aromatic nitrogens is 2. The standard InChI is InChI=1S/C7H10IN3/c1-5-2-9-4-7-6(8)3-10-11(5)7/h3,5,9H,2,4H2,1H3. The van der Waals surface area contributed by atoms with Crippen LogP contribution in [0.2, 0.25) is 0 Å². The fraction of sp³-hybridized carbons (Fsp3) is 0.571. The fourth-order valence-electron chi connectivity index (χ4n) is 1.40. The van der Waals surface area contributed by atoms with E-state index in [4.69, 9.17) is 0 Å². The van der Waals surface area contributed by atoms with Gasteiger partial charge in [0.05, 0.1) is 21.5 Å². The summed E-state index contributed by atoms with van der Waals surface area (Å²) in [5, 5.41) is 7.66. The molecular formula is C7H10IN3. The number of nitrogens with zero attached hydrogens (tertiary/aromatic N) is 2. The molecule has 2 rings (SSSR count). The lowest BCUT2D eigenvalue weighted by molar-refractivity contribution is 0.391. The predicted molar refractivity (Wildman–Crippen MR) is 51.4 cm³/mol. The Kier molecular flexibility index (Phi) is 1.88. The van der Waals surface area contributed by atoms with Gasteiger partial charge in [-0.05, 0) is 29.5 Å². The number of nitrogens with one attached hydrogen (secondary N) is 1. The van der Waals surface area contributed by atoms with E-state index >= 15 is 0 Å². The van der Waals surface area contributed by atoms with Crippen molar-refractivity contribution in [2.24, 2.45) is 0 Å². The SMILES string of the molecule is CC1CNCc2c(I)cnn21. The molecule has 0 radical (unpaired) electrons. The average Bonchev–Trinajstić information content (AvgIpc) is 2.35. The van der Waals surface area contributed by atoms with Crippen LogP contribution in [0.5, 0.6) is 0 Å². The quantitative estimate of drug-likeness (QED) is 0.712. The molecule has 1 atom stereocenters. The molecule has 4 heteroatoms. The second kappa shape index (κ2) is 2.75. The highest BCUT2D eigenvalue weighted by Crippen LogP contribution is 2.18. The maximum absolute atomic E-state index is 4.31.